The maximum absolute atomic E-state index is 11.2. The molecule has 4 heteroatoms. The number of amides is 1. The van der Waals surface area contributed by atoms with Gasteiger partial charge in [-0.2, -0.15) is 0 Å². The summed E-state index contributed by atoms with van der Waals surface area (Å²) in [6.45, 7) is 2.17. The number of carbonyl (C=O) groups is 1. The molecule has 0 spiro atoms. The highest BCUT2D eigenvalue weighted by Crippen LogP contribution is 2.22. The predicted molar refractivity (Wildman–Crippen MR) is 59.2 cm³/mol. The smallest absolute Gasteiger partial charge is 0.234 e. The van der Waals surface area contributed by atoms with E-state index in [9.17, 15) is 4.79 Å². The SMILES string of the molecule is CCCC(NC(=O)CN)c1cccs1. The first kappa shape index (κ1) is 11.2. The molecule has 14 heavy (non-hydrogen) atoms. The molecule has 0 saturated heterocycles. The molecule has 0 aliphatic carbocycles. The molecule has 3 nitrogen and oxygen atoms in total. The fourth-order valence-electron chi connectivity index (χ4n) is 1.32. The van der Waals surface area contributed by atoms with Crippen LogP contribution in [-0.2, 0) is 4.79 Å². The van der Waals surface area contributed by atoms with E-state index >= 15 is 0 Å². The molecule has 1 amide bonds. The van der Waals surface area contributed by atoms with Crippen LogP contribution in [0.15, 0.2) is 17.5 Å². The highest BCUT2D eigenvalue weighted by molar-refractivity contribution is 7.10. The molecular formula is C10H16N2OS. The van der Waals surface area contributed by atoms with Crippen molar-refractivity contribution in [3.63, 3.8) is 0 Å². The molecule has 0 aliphatic heterocycles. The van der Waals surface area contributed by atoms with Gasteiger partial charge >= 0.3 is 0 Å². The van der Waals surface area contributed by atoms with E-state index < -0.39 is 0 Å². The van der Waals surface area contributed by atoms with Gasteiger partial charge in [-0.1, -0.05) is 19.4 Å². The Balaban J connectivity index is 2.60. The van der Waals surface area contributed by atoms with Crippen molar-refractivity contribution in [2.45, 2.75) is 25.8 Å². The van der Waals surface area contributed by atoms with Crippen LogP contribution in [0.3, 0.4) is 0 Å². The molecule has 0 aromatic carbocycles. The zero-order valence-electron chi connectivity index (χ0n) is 8.32. The quantitative estimate of drug-likeness (QED) is 0.780. The minimum absolute atomic E-state index is 0.0611. The Kier molecular flexibility index (Phi) is 4.62. The third-order valence-electron chi connectivity index (χ3n) is 1.98. The molecule has 1 aromatic rings. The third kappa shape index (κ3) is 3.12. The number of nitrogens with two attached hydrogens (primary N) is 1. The molecule has 0 bridgehead atoms. The molecular weight excluding hydrogens is 196 g/mol. The summed E-state index contributed by atoms with van der Waals surface area (Å²) in [6, 6.07) is 4.18. The summed E-state index contributed by atoms with van der Waals surface area (Å²) >= 11 is 1.67. The molecule has 0 radical (unpaired) electrons. The molecule has 1 heterocycles. The second-order valence-electron chi connectivity index (χ2n) is 3.13. The fraction of sp³-hybridized carbons (Fsp3) is 0.500. The number of thiophene rings is 1. The van der Waals surface area contributed by atoms with Crippen molar-refractivity contribution in [1.82, 2.24) is 5.32 Å². The summed E-state index contributed by atoms with van der Waals surface area (Å²) in [5, 5.41) is 4.94. The molecule has 1 aromatic heterocycles. The highest BCUT2D eigenvalue weighted by Gasteiger charge is 2.13. The maximum Gasteiger partial charge on any atom is 0.234 e. The average Bonchev–Trinajstić information content (AvgIpc) is 2.69. The van der Waals surface area contributed by atoms with Gasteiger partial charge in [0, 0.05) is 4.88 Å². The first-order chi connectivity index (χ1) is 6.77. The summed E-state index contributed by atoms with van der Waals surface area (Å²) in [5.74, 6) is -0.0862. The van der Waals surface area contributed by atoms with Gasteiger partial charge in [0.2, 0.25) is 5.91 Å². The van der Waals surface area contributed by atoms with Crippen LogP contribution in [0.1, 0.15) is 30.7 Å². The Morgan fingerprint density at radius 3 is 3.00 bits per heavy atom. The summed E-state index contributed by atoms with van der Waals surface area (Å²) < 4.78 is 0. The van der Waals surface area contributed by atoms with Gasteiger partial charge in [-0.25, -0.2) is 0 Å². The van der Waals surface area contributed by atoms with Crippen molar-refractivity contribution >= 4 is 17.2 Å². The van der Waals surface area contributed by atoms with E-state index in [1.54, 1.807) is 11.3 Å². The van der Waals surface area contributed by atoms with Crippen LogP contribution < -0.4 is 11.1 Å². The maximum atomic E-state index is 11.2. The van der Waals surface area contributed by atoms with Crippen molar-refractivity contribution in [2.24, 2.45) is 5.73 Å². The van der Waals surface area contributed by atoms with Crippen LogP contribution >= 0.6 is 11.3 Å². The molecule has 78 valence electrons. The first-order valence-corrected chi connectivity index (χ1v) is 5.68. The van der Waals surface area contributed by atoms with Gasteiger partial charge in [0.15, 0.2) is 0 Å². The standard InChI is InChI=1S/C10H16N2OS/c1-2-4-8(12-10(13)7-11)9-5-3-6-14-9/h3,5-6,8H,2,4,7,11H2,1H3,(H,12,13). The Bertz CT molecular complexity index is 272. The molecule has 3 N–H and O–H groups in total. The Hall–Kier alpha value is -0.870. The number of hydrogen-bond donors (Lipinski definition) is 2. The van der Waals surface area contributed by atoms with Crippen LogP contribution in [0, 0.1) is 0 Å². The van der Waals surface area contributed by atoms with E-state index in [2.05, 4.69) is 12.2 Å². The van der Waals surface area contributed by atoms with Crippen LogP contribution in [0.2, 0.25) is 0 Å². The largest absolute Gasteiger partial charge is 0.347 e. The summed E-state index contributed by atoms with van der Waals surface area (Å²) in [7, 11) is 0. The fourth-order valence-corrected chi connectivity index (χ4v) is 2.13. The van der Waals surface area contributed by atoms with E-state index in [1.807, 2.05) is 17.5 Å². The van der Waals surface area contributed by atoms with Gasteiger partial charge in [0.1, 0.15) is 0 Å². The number of rotatable bonds is 5. The second-order valence-corrected chi connectivity index (χ2v) is 4.11. The van der Waals surface area contributed by atoms with Crippen molar-refractivity contribution in [3.05, 3.63) is 22.4 Å². The zero-order chi connectivity index (χ0) is 10.4. The minimum atomic E-state index is -0.0862. The van der Waals surface area contributed by atoms with Crippen LogP contribution in [0.25, 0.3) is 0 Å². The number of hydrogen-bond acceptors (Lipinski definition) is 3. The average molecular weight is 212 g/mol. The Morgan fingerprint density at radius 2 is 2.50 bits per heavy atom. The van der Waals surface area contributed by atoms with Crippen LogP contribution in [0.4, 0.5) is 0 Å². The third-order valence-corrected chi connectivity index (χ3v) is 2.97. The number of carbonyl (C=O) groups excluding carboxylic acids is 1. The summed E-state index contributed by atoms with van der Waals surface area (Å²) in [5.41, 5.74) is 5.26. The van der Waals surface area contributed by atoms with E-state index in [-0.39, 0.29) is 18.5 Å². The lowest BCUT2D eigenvalue weighted by molar-refractivity contribution is -0.120. The monoisotopic (exact) mass is 212 g/mol. The predicted octanol–water partition coefficient (Wildman–Crippen LogP) is 1.66. The van der Waals surface area contributed by atoms with Gasteiger partial charge in [0.05, 0.1) is 12.6 Å². The van der Waals surface area contributed by atoms with Gasteiger partial charge in [-0.05, 0) is 17.9 Å². The van der Waals surface area contributed by atoms with Gasteiger partial charge in [-0.3, -0.25) is 4.79 Å². The van der Waals surface area contributed by atoms with E-state index in [1.165, 1.54) is 4.88 Å². The molecule has 0 fully saturated rings. The van der Waals surface area contributed by atoms with Gasteiger partial charge in [-0.15, -0.1) is 11.3 Å². The number of nitrogens with one attached hydrogen (secondary N) is 1. The topological polar surface area (TPSA) is 55.1 Å². The van der Waals surface area contributed by atoms with E-state index in [4.69, 9.17) is 5.73 Å². The molecule has 1 atom stereocenters. The molecule has 1 unspecified atom stereocenters. The Labute approximate surface area is 88.3 Å². The molecule has 1 rings (SSSR count). The van der Waals surface area contributed by atoms with Crippen molar-refractivity contribution in [3.8, 4) is 0 Å². The van der Waals surface area contributed by atoms with Crippen molar-refractivity contribution in [2.75, 3.05) is 6.54 Å². The lowest BCUT2D eigenvalue weighted by Gasteiger charge is -2.15. The first-order valence-electron chi connectivity index (χ1n) is 4.80. The minimum Gasteiger partial charge on any atom is -0.347 e. The van der Waals surface area contributed by atoms with Crippen molar-refractivity contribution < 1.29 is 4.79 Å². The highest BCUT2D eigenvalue weighted by atomic mass is 32.1. The summed E-state index contributed by atoms with van der Waals surface area (Å²) in [4.78, 5) is 12.4. The van der Waals surface area contributed by atoms with Crippen molar-refractivity contribution in [1.29, 1.82) is 0 Å². The van der Waals surface area contributed by atoms with E-state index in [0.717, 1.165) is 12.8 Å². The van der Waals surface area contributed by atoms with Gasteiger partial charge in [0.25, 0.3) is 0 Å². The lowest BCUT2D eigenvalue weighted by Crippen LogP contribution is -2.33. The van der Waals surface area contributed by atoms with Crippen LogP contribution in [-0.4, -0.2) is 12.5 Å². The zero-order valence-corrected chi connectivity index (χ0v) is 9.14. The lowest BCUT2D eigenvalue weighted by atomic mass is 10.1. The summed E-state index contributed by atoms with van der Waals surface area (Å²) in [6.07, 6.45) is 2.01. The van der Waals surface area contributed by atoms with Gasteiger partial charge < -0.3 is 11.1 Å². The molecule has 0 saturated carbocycles. The molecule has 0 aliphatic rings. The normalized spacial score (nSPS) is 12.4. The van der Waals surface area contributed by atoms with Crippen LogP contribution in [0.5, 0.6) is 0 Å². The second kappa shape index (κ2) is 5.78. The van der Waals surface area contributed by atoms with E-state index in [0.29, 0.717) is 0 Å². The Morgan fingerprint density at radius 1 is 1.71 bits per heavy atom.